The molecule has 2 N–H and O–H groups in total. The number of hydrogen-bond donors (Lipinski definition) is 1. The molecule has 0 radical (unpaired) electrons. The molecule has 0 heterocycles. The Hall–Kier alpha value is -0.820. The molecule has 66 valence electrons. The van der Waals surface area contributed by atoms with Gasteiger partial charge in [-0.2, -0.15) is 0 Å². The molecule has 1 atom stereocenters. The van der Waals surface area contributed by atoms with Crippen molar-refractivity contribution in [3.05, 3.63) is 35.4 Å². The van der Waals surface area contributed by atoms with Gasteiger partial charge in [0.2, 0.25) is 0 Å². The summed E-state index contributed by atoms with van der Waals surface area (Å²) in [5.74, 6) is 0.594. The second-order valence-electron chi connectivity index (χ2n) is 3.33. The quantitative estimate of drug-likeness (QED) is 0.727. The molecule has 1 aromatic rings. The monoisotopic (exact) mass is 163 g/mol. The lowest BCUT2D eigenvalue weighted by Crippen LogP contribution is -2.05. The van der Waals surface area contributed by atoms with Crippen LogP contribution in [0.1, 0.15) is 30.4 Å². The van der Waals surface area contributed by atoms with Gasteiger partial charge >= 0.3 is 0 Å². The van der Waals surface area contributed by atoms with Crippen molar-refractivity contribution in [3.8, 4) is 0 Å². The average Bonchev–Trinajstić information content (AvgIpc) is 2.05. The molecule has 1 heteroatoms. The predicted molar refractivity (Wildman–Crippen MR) is 53.3 cm³/mol. The molecule has 1 rings (SSSR count). The number of hydrogen-bond acceptors (Lipinski definition) is 1. The molecular formula is C11H17N. The minimum Gasteiger partial charge on any atom is -0.330 e. The molecule has 0 amide bonds. The highest BCUT2D eigenvalue weighted by atomic mass is 14.5. The smallest absolute Gasteiger partial charge is 0.00715 e. The minimum atomic E-state index is 0.594. The summed E-state index contributed by atoms with van der Waals surface area (Å²) in [4.78, 5) is 0. The molecule has 0 bridgehead atoms. The van der Waals surface area contributed by atoms with E-state index in [1.54, 1.807) is 0 Å². The Bertz CT molecular complexity index is 243. The van der Waals surface area contributed by atoms with Gasteiger partial charge in [0.1, 0.15) is 0 Å². The van der Waals surface area contributed by atoms with E-state index in [0.29, 0.717) is 5.92 Å². The fourth-order valence-corrected chi connectivity index (χ4v) is 1.55. The third-order valence-electron chi connectivity index (χ3n) is 2.32. The van der Waals surface area contributed by atoms with Gasteiger partial charge in [-0.25, -0.2) is 0 Å². The lowest BCUT2D eigenvalue weighted by Gasteiger charge is -2.12. The van der Waals surface area contributed by atoms with Gasteiger partial charge in [-0.15, -0.1) is 0 Å². The average molecular weight is 163 g/mol. The van der Waals surface area contributed by atoms with Crippen LogP contribution < -0.4 is 5.73 Å². The number of benzene rings is 1. The Labute approximate surface area is 74.6 Å². The van der Waals surface area contributed by atoms with Crippen molar-refractivity contribution in [2.24, 2.45) is 5.73 Å². The molecule has 12 heavy (non-hydrogen) atoms. The SMILES string of the molecule is Cc1ccccc1[C@H](C)CCN. The molecule has 0 aliphatic carbocycles. The van der Waals surface area contributed by atoms with E-state index in [4.69, 9.17) is 5.73 Å². The third-order valence-corrected chi connectivity index (χ3v) is 2.32. The van der Waals surface area contributed by atoms with E-state index in [1.165, 1.54) is 11.1 Å². The van der Waals surface area contributed by atoms with E-state index < -0.39 is 0 Å². The third kappa shape index (κ3) is 2.08. The summed E-state index contributed by atoms with van der Waals surface area (Å²) >= 11 is 0. The molecule has 1 aromatic carbocycles. The second-order valence-corrected chi connectivity index (χ2v) is 3.33. The Morgan fingerprint density at radius 2 is 2.00 bits per heavy atom. The molecule has 0 saturated heterocycles. The van der Waals surface area contributed by atoms with Gasteiger partial charge in [0.25, 0.3) is 0 Å². The van der Waals surface area contributed by atoms with Crippen LogP contribution in [0.2, 0.25) is 0 Å². The molecule has 0 fully saturated rings. The summed E-state index contributed by atoms with van der Waals surface area (Å²) in [6, 6.07) is 8.52. The summed E-state index contributed by atoms with van der Waals surface area (Å²) in [5.41, 5.74) is 8.32. The van der Waals surface area contributed by atoms with E-state index in [9.17, 15) is 0 Å². The largest absolute Gasteiger partial charge is 0.330 e. The first kappa shape index (κ1) is 9.27. The minimum absolute atomic E-state index is 0.594. The molecule has 0 aromatic heterocycles. The van der Waals surface area contributed by atoms with Crippen molar-refractivity contribution in [3.63, 3.8) is 0 Å². The highest BCUT2D eigenvalue weighted by Gasteiger charge is 2.05. The summed E-state index contributed by atoms with van der Waals surface area (Å²) in [5, 5.41) is 0. The summed E-state index contributed by atoms with van der Waals surface area (Å²) in [6.07, 6.45) is 1.07. The van der Waals surface area contributed by atoms with E-state index >= 15 is 0 Å². The van der Waals surface area contributed by atoms with Gasteiger partial charge in [0, 0.05) is 0 Å². The molecule has 0 saturated carbocycles. The maximum absolute atomic E-state index is 5.52. The molecule has 0 aliphatic heterocycles. The van der Waals surface area contributed by atoms with Gasteiger partial charge in [-0.05, 0) is 36.9 Å². The van der Waals surface area contributed by atoms with Gasteiger partial charge in [0.05, 0.1) is 0 Å². The lowest BCUT2D eigenvalue weighted by molar-refractivity contribution is 0.686. The summed E-state index contributed by atoms with van der Waals surface area (Å²) < 4.78 is 0. The maximum Gasteiger partial charge on any atom is -0.00715 e. The predicted octanol–water partition coefficient (Wildman–Crippen LogP) is 2.45. The molecular weight excluding hydrogens is 146 g/mol. The Morgan fingerprint density at radius 3 is 2.58 bits per heavy atom. The van der Waals surface area contributed by atoms with Crippen LogP contribution in [-0.2, 0) is 0 Å². The van der Waals surface area contributed by atoms with Gasteiger partial charge in [-0.1, -0.05) is 31.2 Å². The molecule has 0 unspecified atom stereocenters. The van der Waals surface area contributed by atoms with E-state index in [1.807, 2.05) is 0 Å². The normalized spacial score (nSPS) is 12.9. The standard InChI is InChI=1S/C11H17N/c1-9-5-3-4-6-11(9)10(2)7-8-12/h3-6,10H,7-8,12H2,1-2H3/t10-/m1/s1. The Kier molecular flexibility index (Phi) is 3.30. The van der Waals surface area contributed by atoms with Crippen LogP contribution in [0.25, 0.3) is 0 Å². The van der Waals surface area contributed by atoms with Crippen LogP contribution in [0.15, 0.2) is 24.3 Å². The Morgan fingerprint density at radius 1 is 1.33 bits per heavy atom. The van der Waals surface area contributed by atoms with Crippen LogP contribution in [-0.4, -0.2) is 6.54 Å². The molecule has 0 aliphatic rings. The van der Waals surface area contributed by atoms with E-state index in [-0.39, 0.29) is 0 Å². The van der Waals surface area contributed by atoms with Crippen molar-refractivity contribution >= 4 is 0 Å². The first-order valence-corrected chi connectivity index (χ1v) is 4.51. The van der Waals surface area contributed by atoms with Gasteiger partial charge < -0.3 is 5.73 Å². The summed E-state index contributed by atoms with van der Waals surface area (Å²) in [6.45, 7) is 5.16. The maximum atomic E-state index is 5.52. The van der Waals surface area contributed by atoms with Crippen LogP contribution >= 0.6 is 0 Å². The first-order valence-electron chi connectivity index (χ1n) is 4.51. The zero-order valence-corrected chi connectivity index (χ0v) is 7.88. The first-order chi connectivity index (χ1) is 5.75. The number of nitrogens with two attached hydrogens (primary N) is 1. The lowest BCUT2D eigenvalue weighted by atomic mass is 9.94. The van der Waals surface area contributed by atoms with E-state index in [2.05, 4.69) is 38.1 Å². The fourth-order valence-electron chi connectivity index (χ4n) is 1.55. The second kappa shape index (κ2) is 4.27. The molecule has 0 spiro atoms. The molecule has 1 nitrogen and oxygen atoms in total. The summed E-state index contributed by atoms with van der Waals surface area (Å²) in [7, 11) is 0. The van der Waals surface area contributed by atoms with Crippen LogP contribution in [0.5, 0.6) is 0 Å². The number of aryl methyl sites for hydroxylation is 1. The highest BCUT2D eigenvalue weighted by Crippen LogP contribution is 2.21. The topological polar surface area (TPSA) is 26.0 Å². The van der Waals surface area contributed by atoms with Gasteiger partial charge in [0.15, 0.2) is 0 Å². The van der Waals surface area contributed by atoms with Crippen LogP contribution in [0.4, 0.5) is 0 Å². The Balaban J connectivity index is 2.79. The van der Waals surface area contributed by atoms with Crippen molar-refractivity contribution in [2.75, 3.05) is 6.54 Å². The fraction of sp³-hybridized carbons (Fsp3) is 0.455. The highest BCUT2D eigenvalue weighted by molar-refractivity contribution is 5.28. The van der Waals surface area contributed by atoms with Gasteiger partial charge in [-0.3, -0.25) is 0 Å². The zero-order valence-electron chi connectivity index (χ0n) is 7.88. The van der Waals surface area contributed by atoms with Crippen molar-refractivity contribution in [1.29, 1.82) is 0 Å². The van der Waals surface area contributed by atoms with E-state index in [0.717, 1.165) is 13.0 Å². The zero-order chi connectivity index (χ0) is 8.97. The van der Waals surface area contributed by atoms with Crippen LogP contribution in [0, 0.1) is 6.92 Å². The van der Waals surface area contributed by atoms with Crippen molar-refractivity contribution in [1.82, 2.24) is 0 Å². The van der Waals surface area contributed by atoms with Crippen LogP contribution in [0.3, 0.4) is 0 Å². The van der Waals surface area contributed by atoms with Crippen molar-refractivity contribution < 1.29 is 0 Å². The number of rotatable bonds is 3. The van der Waals surface area contributed by atoms with Crippen molar-refractivity contribution in [2.45, 2.75) is 26.2 Å².